The lowest BCUT2D eigenvalue weighted by Crippen LogP contribution is -2.42. The van der Waals surface area contributed by atoms with E-state index in [1.54, 1.807) is 0 Å². The molecule has 0 aromatic carbocycles. The first kappa shape index (κ1) is 15.3. The lowest BCUT2D eigenvalue weighted by molar-refractivity contribution is 0.166. The summed E-state index contributed by atoms with van der Waals surface area (Å²) in [7, 11) is 4.41. The van der Waals surface area contributed by atoms with Crippen LogP contribution in [0.1, 0.15) is 39.5 Å². The molecule has 0 spiro atoms. The number of rotatable bonds is 8. The van der Waals surface area contributed by atoms with Crippen molar-refractivity contribution in [1.82, 2.24) is 15.1 Å². The highest BCUT2D eigenvalue weighted by Gasteiger charge is 2.30. The van der Waals surface area contributed by atoms with Gasteiger partial charge in [-0.3, -0.25) is 4.90 Å². The maximum atomic E-state index is 3.70. The van der Waals surface area contributed by atoms with Crippen LogP contribution in [0.5, 0.6) is 0 Å². The molecule has 2 aliphatic rings. The summed E-state index contributed by atoms with van der Waals surface area (Å²) in [6.07, 6.45) is 5.54. The Morgan fingerprint density at radius 1 is 1.21 bits per heavy atom. The average Bonchev–Trinajstić information content (AvgIpc) is 3.02. The molecule has 1 aliphatic carbocycles. The van der Waals surface area contributed by atoms with Crippen molar-refractivity contribution in [1.29, 1.82) is 0 Å². The number of hydrogen-bond donors (Lipinski definition) is 1. The molecule has 1 saturated heterocycles. The van der Waals surface area contributed by atoms with E-state index in [1.165, 1.54) is 51.9 Å². The zero-order chi connectivity index (χ0) is 13.8. The molecule has 2 fully saturated rings. The van der Waals surface area contributed by atoms with E-state index in [4.69, 9.17) is 0 Å². The second-order valence-electron chi connectivity index (χ2n) is 7.38. The van der Waals surface area contributed by atoms with Gasteiger partial charge in [-0.15, -0.1) is 0 Å². The lowest BCUT2D eigenvalue weighted by atomic mass is 10.0. The Morgan fingerprint density at radius 3 is 2.53 bits per heavy atom. The van der Waals surface area contributed by atoms with Gasteiger partial charge in [0.2, 0.25) is 0 Å². The number of likely N-dealkylation sites (N-methyl/N-ethyl adjacent to an activating group) is 1. The van der Waals surface area contributed by atoms with Gasteiger partial charge < -0.3 is 10.2 Å². The third kappa shape index (κ3) is 5.41. The number of nitrogens with zero attached hydrogens (tertiary/aromatic N) is 2. The minimum absolute atomic E-state index is 0.751. The second-order valence-corrected chi connectivity index (χ2v) is 7.38. The van der Waals surface area contributed by atoms with Crippen molar-refractivity contribution in [2.75, 3.05) is 40.3 Å². The summed E-state index contributed by atoms with van der Waals surface area (Å²) in [5.74, 6) is 1.69. The van der Waals surface area contributed by atoms with Gasteiger partial charge in [-0.1, -0.05) is 13.8 Å². The predicted molar refractivity (Wildman–Crippen MR) is 82.5 cm³/mol. The van der Waals surface area contributed by atoms with Gasteiger partial charge in [0.25, 0.3) is 0 Å². The summed E-state index contributed by atoms with van der Waals surface area (Å²) >= 11 is 0. The van der Waals surface area contributed by atoms with E-state index in [9.17, 15) is 0 Å². The molecular weight excluding hydrogens is 234 g/mol. The molecular formula is C16H33N3. The SMILES string of the molecule is CC(C)CC(CN(C)C)N1CCC(CNC2CC2)C1. The molecule has 19 heavy (non-hydrogen) atoms. The van der Waals surface area contributed by atoms with E-state index in [0.29, 0.717) is 0 Å². The molecule has 1 saturated carbocycles. The van der Waals surface area contributed by atoms with Crippen molar-refractivity contribution in [3.8, 4) is 0 Å². The molecule has 0 bridgehead atoms. The molecule has 3 nitrogen and oxygen atoms in total. The van der Waals surface area contributed by atoms with Crippen molar-refractivity contribution in [3.63, 3.8) is 0 Å². The molecule has 1 heterocycles. The molecule has 0 aromatic heterocycles. The fraction of sp³-hybridized carbons (Fsp3) is 1.00. The Labute approximate surface area is 119 Å². The van der Waals surface area contributed by atoms with Crippen LogP contribution < -0.4 is 5.32 Å². The Bertz CT molecular complexity index is 251. The first-order valence-electron chi connectivity index (χ1n) is 8.16. The monoisotopic (exact) mass is 267 g/mol. The normalized spacial score (nSPS) is 26.5. The molecule has 0 aromatic rings. The first-order chi connectivity index (χ1) is 9.04. The van der Waals surface area contributed by atoms with Crippen molar-refractivity contribution in [3.05, 3.63) is 0 Å². The Hall–Kier alpha value is -0.120. The van der Waals surface area contributed by atoms with Gasteiger partial charge >= 0.3 is 0 Å². The number of likely N-dealkylation sites (tertiary alicyclic amines) is 1. The molecule has 0 radical (unpaired) electrons. The fourth-order valence-electron chi connectivity index (χ4n) is 3.29. The van der Waals surface area contributed by atoms with Gasteiger partial charge in [-0.05, 0) is 64.7 Å². The molecule has 112 valence electrons. The Morgan fingerprint density at radius 2 is 1.95 bits per heavy atom. The highest BCUT2D eigenvalue weighted by molar-refractivity contribution is 4.87. The first-order valence-corrected chi connectivity index (χ1v) is 8.16. The summed E-state index contributed by atoms with van der Waals surface area (Å²) in [5, 5.41) is 3.70. The Balaban J connectivity index is 1.76. The van der Waals surface area contributed by atoms with Gasteiger partial charge in [0.1, 0.15) is 0 Å². The third-order valence-corrected chi connectivity index (χ3v) is 4.43. The van der Waals surface area contributed by atoms with Crippen molar-refractivity contribution >= 4 is 0 Å². The van der Waals surface area contributed by atoms with E-state index < -0.39 is 0 Å². The fourth-order valence-corrected chi connectivity index (χ4v) is 3.29. The van der Waals surface area contributed by atoms with Crippen LogP contribution in [-0.2, 0) is 0 Å². The molecule has 2 atom stereocenters. The minimum Gasteiger partial charge on any atom is -0.314 e. The molecule has 1 aliphatic heterocycles. The highest BCUT2D eigenvalue weighted by atomic mass is 15.2. The summed E-state index contributed by atoms with van der Waals surface area (Å²) in [6, 6.07) is 1.61. The topological polar surface area (TPSA) is 18.5 Å². The van der Waals surface area contributed by atoms with E-state index in [0.717, 1.165) is 23.9 Å². The van der Waals surface area contributed by atoms with Crippen LogP contribution in [0.3, 0.4) is 0 Å². The minimum atomic E-state index is 0.751. The maximum absolute atomic E-state index is 3.70. The van der Waals surface area contributed by atoms with Gasteiger partial charge in [-0.25, -0.2) is 0 Å². The molecule has 2 unspecified atom stereocenters. The summed E-state index contributed by atoms with van der Waals surface area (Å²) < 4.78 is 0. The van der Waals surface area contributed by atoms with Crippen LogP contribution in [0.25, 0.3) is 0 Å². The van der Waals surface area contributed by atoms with Crippen LogP contribution in [0, 0.1) is 11.8 Å². The summed E-state index contributed by atoms with van der Waals surface area (Å²) in [4.78, 5) is 5.10. The van der Waals surface area contributed by atoms with Gasteiger partial charge in [0.15, 0.2) is 0 Å². The standard InChI is InChI=1S/C16H33N3/c1-13(2)9-16(12-18(3)4)19-8-7-14(11-19)10-17-15-5-6-15/h13-17H,5-12H2,1-4H3. The van der Waals surface area contributed by atoms with Crippen molar-refractivity contribution in [2.24, 2.45) is 11.8 Å². The van der Waals surface area contributed by atoms with Gasteiger partial charge in [0.05, 0.1) is 0 Å². The van der Waals surface area contributed by atoms with Gasteiger partial charge in [-0.2, -0.15) is 0 Å². The van der Waals surface area contributed by atoms with Crippen LogP contribution in [0.4, 0.5) is 0 Å². The maximum Gasteiger partial charge on any atom is 0.0225 e. The summed E-state index contributed by atoms with van der Waals surface area (Å²) in [5.41, 5.74) is 0. The molecule has 3 heteroatoms. The van der Waals surface area contributed by atoms with Crippen molar-refractivity contribution in [2.45, 2.75) is 51.6 Å². The smallest absolute Gasteiger partial charge is 0.0225 e. The molecule has 0 amide bonds. The average molecular weight is 267 g/mol. The third-order valence-electron chi connectivity index (χ3n) is 4.43. The predicted octanol–water partition coefficient (Wildman–Crippen LogP) is 2.04. The quantitative estimate of drug-likeness (QED) is 0.726. The second kappa shape index (κ2) is 7.05. The number of nitrogens with one attached hydrogen (secondary N) is 1. The van der Waals surface area contributed by atoms with Crippen LogP contribution in [0.15, 0.2) is 0 Å². The zero-order valence-electron chi connectivity index (χ0n) is 13.4. The zero-order valence-corrected chi connectivity index (χ0v) is 13.4. The lowest BCUT2D eigenvalue weighted by Gasteiger charge is -2.31. The summed E-state index contributed by atoms with van der Waals surface area (Å²) in [6.45, 7) is 9.78. The molecule has 2 rings (SSSR count). The van der Waals surface area contributed by atoms with Crippen LogP contribution in [0.2, 0.25) is 0 Å². The largest absolute Gasteiger partial charge is 0.314 e. The van der Waals surface area contributed by atoms with Crippen LogP contribution >= 0.6 is 0 Å². The molecule has 1 N–H and O–H groups in total. The van der Waals surface area contributed by atoms with Crippen LogP contribution in [-0.4, -0.2) is 62.2 Å². The Kier molecular flexibility index (Phi) is 5.67. The van der Waals surface area contributed by atoms with Gasteiger partial charge in [0, 0.05) is 25.2 Å². The van der Waals surface area contributed by atoms with E-state index >= 15 is 0 Å². The van der Waals surface area contributed by atoms with E-state index in [-0.39, 0.29) is 0 Å². The number of hydrogen-bond acceptors (Lipinski definition) is 3. The van der Waals surface area contributed by atoms with E-state index in [1.807, 2.05) is 0 Å². The van der Waals surface area contributed by atoms with Crippen molar-refractivity contribution < 1.29 is 0 Å². The highest BCUT2D eigenvalue weighted by Crippen LogP contribution is 2.24. The van der Waals surface area contributed by atoms with E-state index in [2.05, 4.69) is 43.1 Å².